The molecule has 6 unspecified atom stereocenters. The molecular weight excluding hydrogens is 312 g/mol. The smallest absolute Gasteiger partial charge is 0.0362 e. The van der Waals surface area contributed by atoms with Crippen LogP contribution in [0.4, 0.5) is 0 Å². The maximum Gasteiger partial charge on any atom is -0.0362 e. The molecule has 0 aromatic rings. The van der Waals surface area contributed by atoms with Crippen LogP contribution in [0.5, 0.6) is 0 Å². The van der Waals surface area contributed by atoms with Gasteiger partial charge in [0.2, 0.25) is 0 Å². The van der Waals surface area contributed by atoms with Crippen LogP contribution in [-0.4, -0.2) is 0 Å². The summed E-state index contributed by atoms with van der Waals surface area (Å²) in [6.07, 6.45) is 18.0. The van der Waals surface area contributed by atoms with Gasteiger partial charge >= 0.3 is 0 Å². The summed E-state index contributed by atoms with van der Waals surface area (Å²) in [5, 5.41) is 0. The molecule has 0 amide bonds. The van der Waals surface area contributed by atoms with E-state index in [0.717, 1.165) is 47.3 Å². The van der Waals surface area contributed by atoms with Gasteiger partial charge in [0, 0.05) is 0 Å². The van der Waals surface area contributed by atoms with E-state index in [1.807, 2.05) is 0 Å². The highest BCUT2D eigenvalue weighted by atomic mass is 14.4. The van der Waals surface area contributed by atoms with Crippen molar-refractivity contribution in [2.24, 2.45) is 47.3 Å². The number of rotatable bonds is 9. The molecule has 0 aromatic carbocycles. The first kappa shape index (κ1) is 22.3. The van der Waals surface area contributed by atoms with E-state index in [1.54, 1.807) is 0 Å². The zero-order valence-corrected chi connectivity index (χ0v) is 19.1. The van der Waals surface area contributed by atoms with Crippen LogP contribution in [0.2, 0.25) is 0 Å². The van der Waals surface area contributed by atoms with Gasteiger partial charge in [-0.25, -0.2) is 0 Å². The molecule has 6 atom stereocenters. The minimum atomic E-state index is 0.897. The lowest BCUT2D eigenvalue weighted by atomic mass is 9.68. The highest BCUT2D eigenvalue weighted by Crippen LogP contribution is 2.42. The van der Waals surface area contributed by atoms with E-state index in [4.69, 9.17) is 0 Å². The Balaban J connectivity index is 1.63. The summed E-state index contributed by atoms with van der Waals surface area (Å²) in [5.41, 5.74) is 0. The van der Waals surface area contributed by atoms with Crippen LogP contribution in [0, 0.1) is 47.3 Å². The number of hydrogen-bond acceptors (Lipinski definition) is 0. The van der Waals surface area contributed by atoms with E-state index in [9.17, 15) is 0 Å². The zero-order chi connectivity index (χ0) is 19.1. The van der Waals surface area contributed by atoms with Crippen LogP contribution in [-0.2, 0) is 0 Å². The maximum absolute atomic E-state index is 2.49. The molecule has 0 N–H and O–H groups in total. The Morgan fingerprint density at radius 1 is 0.577 bits per heavy atom. The molecule has 2 aliphatic carbocycles. The molecule has 0 radical (unpaired) electrons. The van der Waals surface area contributed by atoms with Crippen LogP contribution in [0.1, 0.15) is 119 Å². The van der Waals surface area contributed by atoms with Crippen molar-refractivity contribution in [3.8, 4) is 0 Å². The Morgan fingerprint density at radius 2 is 0.962 bits per heavy atom. The minimum absolute atomic E-state index is 0.897. The maximum atomic E-state index is 2.49. The normalized spacial score (nSPS) is 36.0. The van der Waals surface area contributed by atoms with Crippen molar-refractivity contribution in [1.29, 1.82) is 0 Å². The molecule has 0 heterocycles. The van der Waals surface area contributed by atoms with Crippen LogP contribution < -0.4 is 0 Å². The van der Waals surface area contributed by atoms with Gasteiger partial charge in [-0.1, -0.05) is 92.9 Å². The Morgan fingerprint density at radius 3 is 1.31 bits per heavy atom. The molecule has 0 aliphatic heterocycles. The highest BCUT2D eigenvalue weighted by molar-refractivity contribution is 4.82. The first-order chi connectivity index (χ1) is 12.4. The standard InChI is InChI=1S/C26H50/c1-19(2)25-15-13-21(5)17-23(25)11-9-7-8-10-12-24-18-22(6)14-16-26(24)20(3)4/h19-26H,7-18H2,1-6H3. The van der Waals surface area contributed by atoms with Crippen LogP contribution in [0.3, 0.4) is 0 Å². The molecule has 0 bridgehead atoms. The topological polar surface area (TPSA) is 0 Å². The average Bonchev–Trinajstić information content (AvgIpc) is 2.57. The lowest BCUT2D eigenvalue weighted by Crippen LogP contribution is -2.27. The third kappa shape index (κ3) is 6.87. The fourth-order valence-corrected chi connectivity index (χ4v) is 6.63. The van der Waals surface area contributed by atoms with E-state index in [-0.39, 0.29) is 0 Å². The van der Waals surface area contributed by atoms with Crippen molar-refractivity contribution < 1.29 is 0 Å². The van der Waals surface area contributed by atoms with Crippen molar-refractivity contribution in [1.82, 2.24) is 0 Å². The van der Waals surface area contributed by atoms with E-state index in [1.165, 1.54) is 77.0 Å². The molecule has 2 aliphatic rings. The molecule has 0 saturated heterocycles. The van der Waals surface area contributed by atoms with Gasteiger partial charge in [0.25, 0.3) is 0 Å². The Kier molecular flexibility index (Phi) is 9.53. The Bertz CT molecular complexity index is 332. The SMILES string of the molecule is CC1CCC(C(C)C)C(CCCCCCC2CC(C)CCC2C(C)C)C1. The fourth-order valence-electron chi connectivity index (χ4n) is 6.63. The Hall–Kier alpha value is 0. The van der Waals surface area contributed by atoms with Crippen molar-refractivity contribution in [2.45, 2.75) is 119 Å². The predicted molar refractivity (Wildman–Crippen MR) is 117 cm³/mol. The Labute approximate surface area is 166 Å². The highest BCUT2D eigenvalue weighted by Gasteiger charge is 2.31. The first-order valence-electron chi connectivity index (χ1n) is 12.4. The molecular formula is C26H50. The first-order valence-corrected chi connectivity index (χ1v) is 12.4. The quantitative estimate of drug-likeness (QED) is 0.360. The van der Waals surface area contributed by atoms with E-state index < -0.39 is 0 Å². The minimum Gasteiger partial charge on any atom is -0.0625 e. The van der Waals surface area contributed by atoms with Crippen LogP contribution >= 0.6 is 0 Å². The second-order valence-corrected chi connectivity index (χ2v) is 11.2. The summed E-state index contributed by atoms with van der Waals surface area (Å²) in [5.74, 6) is 7.85. The summed E-state index contributed by atoms with van der Waals surface area (Å²) in [6.45, 7) is 14.8. The van der Waals surface area contributed by atoms with Crippen molar-refractivity contribution in [3.63, 3.8) is 0 Å². The van der Waals surface area contributed by atoms with E-state index in [2.05, 4.69) is 41.5 Å². The van der Waals surface area contributed by atoms with Crippen molar-refractivity contribution in [3.05, 3.63) is 0 Å². The van der Waals surface area contributed by atoms with E-state index in [0.29, 0.717) is 0 Å². The van der Waals surface area contributed by atoms with Crippen molar-refractivity contribution >= 4 is 0 Å². The number of hydrogen-bond donors (Lipinski definition) is 0. The van der Waals surface area contributed by atoms with Gasteiger partial charge in [-0.3, -0.25) is 0 Å². The van der Waals surface area contributed by atoms with Crippen LogP contribution in [0.15, 0.2) is 0 Å². The van der Waals surface area contributed by atoms with Crippen molar-refractivity contribution in [2.75, 3.05) is 0 Å². The summed E-state index contributed by atoms with van der Waals surface area (Å²) >= 11 is 0. The third-order valence-corrected chi connectivity index (χ3v) is 8.22. The lowest BCUT2D eigenvalue weighted by Gasteiger charge is -2.38. The van der Waals surface area contributed by atoms with Gasteiger partial charge in [-0.05, 0) is 73.0 Å². The van der Waals surface area contributed by atoms with Gasteiger partial charge in [-0.15, -0.1) is 0 Å². The lowest BCUT2D eigenvalue weighted by molar-refractivity contribution is 0.130. The summed E-state index contributed by atoms with van der Waals surface area (Å²) in [7, 11) is 0. The molecule has 154 valence electrons. The molecule has 0 heteroatoms. The van der Waals surface area contributed by atoms with Gasteiger partial charge in [0.1, 0.15) is 0 Å². The van der Waals surface area contributed by atoms with Gasteiger partial charge in [0.15, 0.2) is 0 Å². The second-order valence-electron chi connectivity index (χ2n) is 11.2. The molecule has 2 rings (SSSR count). The summed E-state index contributed by atoms with van der Waals surface area (Å²) in [6, 6.07) is 0. The summed E-state index contributed by atoms with van der Waals surface area (Å²) < 4.78 is 0. The predicted octanol–water partition coefficient (Wildman–Crippen LogP) is 8.74. The molecule has 2 fully saturated rings. The number of unbranched alkanes of at least 4 members (excludes halogenated alkanes) is 3. The van der Waals surface area contributed by atoms with Gasteiger partial charge in [0.05, 0.1) is 0 Å². The molecule has 26 heavy (non-hydrogen) atoms. The molecule has 0 aromatic heterocycles. The average molecular weight is 363 g/mol. The summed E-state index contributed by atoms with van der Waals surface area (Å²) in [4.78, 5) is 0. The largest absolute Gasteiger partial charge is 0.0625 e. The van der Waals surface area contributed by atoms with Crippen LogP contribution in [0.25, 0.3) is 0 Å². The van der Waals surface area contributed by atoms with E-state index >= 15 is 0 Å². The fraction of sp³-hybridized carbons (Fsp3) is 1.00. The van der Waals surface area contributed by atoms with Gasteiger partial charge < -0.3 is 0 Å². The van der Waals surface area contributed by atoms with Gasteiger partial charge in [-0.2, -0.15) is 0 Å². The monoisotopic (exact) mass is 362 g/mol. The second kappa shape index (κ2) is 11.1. The molecule has 0 nitrogen and oxygen atoms in total. The molecule has 0 spiro atoms. The zero-order valence-electron chi connectivity index (χ0n) is 19.1. The third-order valence-electron chi connectivity index (χ3n) is 8.22. The molecule has 2 saturated carbocycles.